The summed E-state index contributed by atoms with van der Waals surface area (Å²) in [6.45, 7) is 1.28. The van der Waals surface area contributed by atoms with Gasteiger partial charge in [-0.2, -0.15) is 0 Å². The third kappa shape index (κ3) is 1.92. The molecule has 0 aliphatic carbocycles. The molecule has 2 aliphatic heterocycles. The third-order valence-electron chi connectivity index (χ3n) is 3.81. The van der Waals surface area contributed by atoms with Crippen molar-refractivity contribution in [2.45, 2.75) is 25.3 Å². The number of nitrogens with zero attached hydrogens (tertiary/aromatic N) is 1. The van der Waals surface area contributed by atoms with Gasteiger partial charge in [0.05, 0.1) is 12.6 Å². The number of imide groups is 1. The van der Waals surface area contributed by atoms with Crippen LogP contribution in [0.4, 0.5) is 0 Å². The largest absolute Gasteiger partial charge is 0.454 e. The number of aliphatic hydroxyl groups is 1. The van der Waals surface area contributed by atoms with E-state index in [4.69, 9.17) is 9.47 Å². The first kappa shape index (κ1) is 12.9. The maximum Gasteiger partial charge on any atom is 0.231 e. The monoisotopic (exact) mass is 277 g/mol. The number of aliphatic hydroxyl groups excluding tert-OH is 1. The van der Waals surface area contributed by atoms with Crippen molar-refractivity contribution in [3.05, 3.63) is 23.8 Å². The summed E-state index contributed by atoms with van der Waals surface area (Å²) in [7, 11) is 0. The highest BCUT2D eigenvalue weighted by Gasteiger charge is 2.42. The van der Waals surface area contributed by atoms with E-state index in [9.17, 15) is 14.7 Å². The van der Waals surface area contributed by atoms with Gasteiger partial charge in [-0.05, 0) is 17.7 Å². The summed E-state index contributed by atoms with van der Waals surface area (Å²) in [5, 5.41) is 9.53. The van der Waals surface area contributed by atoms with E-state index >= 15 is 0 Å². The van der Waals surface area contributed by atoms with Crippen LogP contribution in [0.15, 0.2) is 18.2 Å². The molecule has 0 unspecified atom stereocenters. The van der Waals surface area contributed by atoms with Crippen LogP contribution in [0.1, 0.15) is 24.8 Å². The Kier molecular flexibility index (Phi) is 3.10. The van der Waals surface area contributed by atoms with Gasteiger partial charge >= 0.3 is 0 Å². The highest BCUT2D eigenvalue weighted by atomic mass is 16.7. The molecule has 2 heterocycles. The molecule has 6 nitrogen and oxygen atoms in total. The summed E-state index contributed by atoms with van der Waals surface area (Å²) in [5.74, 6) is 0.498. The van der Waals surface area contributed by atoms with Gasteiger partial charge in [0.1, 0.15) is 0 Å². The zero-order valence-electron chi connectivity index (χ0n) is 11.0. The molecule has 106 valence electrons. The average molecular weight is 277 g/mol. The van der Waals surface area contributed by atoms with Gasteiger partial charge in [0.25, 0.3) is 0 Å². The lowest BCUT2D eigenvalue weighted by Crippen LogP contribution is -2.40. The smallest absolute Gasteiger partial charge is 0.231 e. The summed E-state index contributed by atoms with van der Waals surface area (Å²) >= 11 is 0. The second-order valence-corrected chi connectivity index (χ2v) is 4.96. The Labute approximate surface area is 115 Å². The first-order valence-corrected chi connectivity index (χ1v) is 6.45. The standard InChI is InChI=1S/C14H15NO5/c1-8(17)15-11(6-16)10(5-14(15)18)9-2-3-12-13(4-9)20-7-19-12/h2-4,10-11,16H,5-7H2,1H3/t10-,11+/m1/s1. The van der Waals surface area contributed by atoms with Crippen molar-refractivity contribution in [1.82, 2.24) is 4.90 Å². The van der Waals surface area contributed by atoms with Gasteiger partial charge < -0.3 is 14.6 Å². The van der Waals surface area contributed by atoms with Crippen molar-refractivity contribution in [3.63, 3.8) is 0 Å². The second kappa shape index (κ2) is 4.79. The van der Waals surface area contributed by atoms with Crippen molar-refractivity contribution in [1.29, 1.82) is 0 Å². The summed E-state index contributed by atoms with van der Waals surface area (Å²) in [6, 6.07) is 4.93. The van der Waals surface area contributed by atoms with Crippen LogP contribution < -0.4 is 9.47 Å². The highest BCUT2D eigenvalue weighted by Crippen LogP contribution is 2.39. The van der Waals surface area contributed by atoms with Crippen LogP contribution in [0, 0.1) is 0 Å². The number of hydrogen-bond acceptors (Lipinski definition) is 5. The molecule has 1 saturated heterocycles. The lowest BCUT2D eigenvalue weighted by molar-refractivity contribution is -0.143. The van der Waals surface area contributed by atoms with Crippen molar-refractivity contribution in [2.24, 2.45) is 0 Å². The van der Waals surface area contributed by atoms with Crippen molar-refractivity contribution >= 4 is 11.8 Å². The summed E-state index contributed by atoms with van der Waals surface area (Å²) in [6.07, 6.45) is 0.213. The van der Waals surface area contributed by atoms with E-state index in [1.165, 1.54) is 6.92 Å². The van der Waals surface area contributed by atoms with E-state index in [0.717, 1.165) is 10.5 Å². The van der Waals surface area contributed by atoms with Gasteiger partial charge in [0.2, 0.25) is 18.6 Å². The molecule has 20 heavy (non-hydrogen) atoms. The number of ether oxygens (including phenoxy) is 2. The average Bonchev–Trinajstić information content (AvgIpc) is 3.00. The van der Waals surface area contributed by atoms with E-state index < -0.39 is 6.04 Å². The SMILES string of the molecule is CC(=O)N1C(=O)C[C@H](c2ccc3c(c2)OCO3)[C@@H]1CO. The van der Waals surface area contributed by atoms with Gasteiger partial charge in [-0.25, -0.2) is 0 Å². The first-order valence-electron chi connectivity index (χ1n) is 6.45. The van der Waals surface area contributed by atoms with Crippen molar-refractivity contribution in [3.8, 4) is 11.5 Å². The Balaban J connectivity index is 1.93. The Morgan fingerprint density at radius 2 is 2.15 bits per heavy atom. The molecule has 3 rings (SSSR count). The number of benzene rings is 1. The Hall–Kier alpha value is -2.08. The van der Waals surface area contributed by atoms with Crippen LogP contribution in [0.2, 0.25) is 0 Å². The van der Waals surface area contributed by atoms with Gasteiger partial charge in [0, 0.05) is 19.3 Å². The van der Waals surface area contributed by atoms with Crippen LogP contribution in [-0.2, 0) is 9.59 Å². The number of hydrogen-bond donors (Lipinski definition) is 1. The number of carbonyl (C=O) groups excluding carboxylic acids is 2. The van der Waals surface area contributed by atoms with E-state index in [2.05, 4.69) is 0 Å². The van der Waals surface area contributed by atoms with Crippen LogP contribution in [0.5, 0.6) is 11.5 Å². The number of carbonyl (C=O) groups is 2. The van der Waals surface area contributed by atoms with Crippen molar-refractivity contribution < 1.29 is 24.2 Å². The Bertz CT molecular complexity index is 571. The maximum absolute atomic E-state index is 11.9. The molecule has 1 aromatic carbocycles. The lowest BCUT2D eigenvalue weighted by atomic mass is 9.91. The molecular weight excluding hydrogens is 262 g/mol. The highest BCUT2D eigenvalue weighted by molar-refractivity contribution is 5.97. The van der Waals surface area contributed by atoms with E-state index in [0.29, 0.717) is 11.5 Å². The molecule has 0 spiro atoms. The molecule has 0 saturated carbocycles. The van der Waals surface area contributed by atoms with Gasteiger partial charge in [-0.3, -0.25) is 14.5 Å². The lowest BCUT2D eigenvalue weighted by Gasteiger charge is -2.24. The maximum atomic E-state index is 11.9. The fraction of sp³-hybridized carbons (Fsp3) is 0.429. The minimum atomic E-state index is -0.514. The molecule has 1 fully saturated rings. The normalized spacial score (nSPS) is 24.3. The molecular formula is C14H15NO5. The second-order valence-electron chi connectivity index (χ2n) is 4.96. The third-order valence-corrected chi connectivity index (χ3v) is 3.81. The summed E-state index contributed by atoms with van der Waals surface area (Å²) in [4.78, 5) is 24.6. The number of likely N-dealkylation sites (tertiary alicyclic amines) is 1. The molecule has 1 aromatic rings. The predicted molar refractivity (Wildman–Crippen MR) is 68.3 cm³/mol. The number of rotatable bonds is 2. The zero-order valence-corrected chi connectivity index (χ0v) is 11.0. The zero-order chi connectivity index (χ0) is 14.3. The fourth-order valence-electron chi connectivity index (χ4n) is 2.89. The van der Waals surface area contributed by atoms with Gasteiger partial charge in [0.15, 0.2) is 11.5 Å². The minimum Gasteiger partial charge on any atom is -0.454 e. The van der Waals surface area contributed by atoms with E-state index in [1.54, 1.807) is 6.07 Å². The van der Waals surface area contributed by atoms with Crippen LogP contribution >= 0.6 is 0 Å². The molecule has 0 radical (unpaired) electrons. The Morgan fingerprint density at radius 1 is 1.40 bits per heavy atom. The molecule has 0 bridgehead atoms. The molecule has 6 heteroatoms. The van der Waals surface area contributed by atoms with Gasteiger partial charge in [-0.15, -0.1) is 0 Å². The number of fused-ring (bicyclic) bond motifs is 1. The Morgan fingerprint density at radius 3 is 2.85 bits per heavy atom. The van der Waals surface area contributed by atoms with Crippen LogP contribution in [0.25, 0.3) is 0 Å². The molecule has 2 aliphatic rings. The predicted octanol–water partition coefficient (Wildman–Crippen LogP) is 0.639. The minimum absolute atomic E-state index is 0.186. The van der Waals surface area contributed by atoms with Crippen LogP contribution in [-0.4, -0.2) is 41.3 Å². The summed E-state index contributed by atoms with van der Waals surface area (Å²) in [5.41, 5.74) is 0.866. The van der Waals surface area contributed by atoms with E-state index in [-0.39, 0.29) is 37.6 Å². The van der Waals surface area contributed by atoms with Gasteiger partial charge in [-0.1, -0.05) is 6.07 Å². The molecule has 2 atom stereocenters. The first-order chi connectivity index (χ1) is 9.61. The fourth-order valence-corrected chi connectivity index (χ4v) is 2.89. The quantitative estimate of drug-likeness (QED) is 0.858. The molecule has 0 aromatic heterocycles. The molecule has 2 amide bonds. The molecule has 1 N–H and O–H groups in total. The van der Waals surface area contributed by atoms with Crippen LogP contribution in [0.3, 0.4) is 0 Å². The summed E-state index contributed by atoms with van der Waals surface area (Å²) < 4.78 is 10.6. The van der Waals surface area contributed by atoms with Crippen molar-refractivity contribution in [2.75, 3.05) is 13.4 Å². The topological polar surface area (TPSA) is 76.1 Å². The number of amides is 2. The van der Waals surface area contributed by atoms with E-state index in [1.807, 2.05) is 12.1 Å².